The molecule has 0 bridgehead atoms. The van der Waals surface area contributed by atoms with Crippen molar-refractivity contribution in [2.24, 2.45) is 0 Å². The number of rotatable bonds is 4. The summed E-state index contributed by atoms with van der Waals surface area (Å²) in [4.78, 5) is 0. The van der Waals surface area contributed by atoms with E-state index in [0.29, 0.717) is 171 Å². The normalized spacial score (nSPS) is 18.5. The largest absolute Gasteiger partial charge is 1.00 e. The van der Waals surface area contributed by atoms with Crippen LogP contribution in [0.2, 0.25) is 0 Å². The van der Waals surface area contributed by atoms with E-state index in [0.717, 1.165) is 55.2 Å². The Balaban J connectivity index is 0.000000525. The summed E-state index contributed by atoms with van der Waals surface area (Å²) < 4.78 is 63.9. The number of nitriles is 4. The van der Waals surface area contributed by atoms with Crippen molar-refractivity contribution in [2.75, 3.05) is 173 Å². The van der Waals surface area contributed by atoms with Gasteiger partial charge in [0.05, 0.1) is 183 Å². The predicted octanol–water partition coefficient (Wildman–Crippen LogP) is 0.236. The standard InChI is InChI=1S/2C16H14N2O.2C12H24O6.2C2H3N.2K/c2*1-18-13-9-11(7-8-17)12-4-2-3-10-5-6-14(19)16(13)15(10)12;2*1-2-14-5-6-16-9-10-18-12-11-17-8-7-15-4-3-13-1;2*1-2-3;;/h2*2-6,9,11,18-19H,7H2,1H3;2*1-12H2;2*1H3;;/q;;;;;;2*+1/p-2/t2*11-;;;;;;/m10....../s1. The zero-order valence-corrected chi connectivity index (χ0v) is 55.2. The summed E-state index contributed by atoms with van der Waals surface area (Å²) in [5.41, 5.74) is 5.26. The van der Waals surface area contributed by atoms with Gasteiger partial charge < -0.3 is 77.7 Å². The van der Waals surface area contributed by atoms with Crippen LogP contribution in [0.3, 0.4) is 0 Å². The van der Waals surface area contributed by atoms with Gasteiger partial charge in [-0.1, -0.05) is 84.3 Å². The Morgan fingerprint density at radius 1 is 0.390 bits per heavy atom. The van der Waals surface area contributed by atoms with Gasteiger partial charge in [-0.2, -0.15) is 21.0 Å². The van der Waals surface area contributed by atoms with E-state index in [1.165, 1.54) is 13.8 Å². The van der Waals surface area contributed by atoms with Crippen molar-refractivity contribution in [3.63, 3.8) is 0 Å². The molecule has 0 amide bonds. The van der Waals surface area contributed by atoms with E-state index in [2.05, 4.69) is 22.8 Å². The quantitative estimate of drug-likeness (QED) is 0.259. The van der Waals surface area contributed by atoms with Crippen LogP contribution in [0.5, 0.6) is 11.5 Å². The molecule has 2 fully saturated rings. The molecular weight excluding hydrogens is 1110 g/mol. The van der Waals surface area contributed by atoms with Gasteiger partial charge >= 0.3 is 103 Å². The maximum atomic E-state index is 12.1. The van der Waals surface area contributed by atoms with Crippen LogP contribution < -0.4 is 124 Å². The zero-order valence-electron chi connectivity index (χ0n) is 49.0. The number of nitrogens with one attached hydrogen (secondary N) is 2. The molecule has 2 aliphatic heterocycles. The van der Waals surface area contributed by atoms with E-state index in [-0.39, 0.29) is 126 Å². The Bertz CT molecular complexity index is 2260. The molecule has 2 heterocycles. The van der Waals surface area contributed by atoms with Gasteiger partial charge in [-0.25, -0.2) is 0 Å². The van der Waals surface area contributed by atoms with Crippen LogP contribution in [0.25, 0.3) is 32.9 Å². The first-order valence-corrected chi connectivity index (χ1v) is 26.9. The minimum Gasteiger partial charge on any atom is -0.872 e. The molecular formula is C60H80K2N6O14. The van der Waals surface area contributed by atoms with Gasteiger partial charge in [-0.05, 0) is 43.8 Å². The Morgan fingerprint density at radius 3 is 0.805 bits per heavy atom. The van der Waals surface area contributed by atoms with E-state index in [4.69, 9.17) is 77.9 Å². The third-order valence-electron chi connectivity index (χ3n) is 11.8. The average molecular weight is 1190 g/mol. The average Bonchev–Trinajstić information content (AvgIpc) is 3.61. The van der Waals surface area contributed by atoms with Crippen molar-refractivity contribution in [3.8, 4) is 35.8 Å². The fraction of sp³-hybridized carbons (Fsp3) is 0.533. The molecule has 82 heavy (non-hydrogen) atoms. The van der Waals surface area contributed by atoms with Gasteiger partial charge in [0.15, 0.2) is 0 Å². The molecule has 20 nitrogen and oxygen atoms in total. The monoisotopic (exact) mass is 1190 g/mol. The molecule has 8 rings (SSSR count). The van der Waals surface area contributed by atoms with Crippen molar-refractivity contribution >= 4 is 32.9 Å². The van der Waals surface area contributed by atoms with Crippen molar-refractivity contribution in [1.29, 1.82) is 21.0 Å². The topological polar surface area (TPSA) is 276 Å². The molecule has 0 saturated carbocycles. The molecule has 0 radical (unpaired) electrons. The molecule has 4 aromatic carbocycles. The summed E-state index contributed by atoms with van der Waals surface area (Å²) in [7, 11) is 3.61. The van der Waals surface area contributed by atoms with Crippen LogP contribution in [0, 0.1) is 45.3 Å². The van der Waals surface area contributed by atoms with E-state index in [1.807, 2.05) is 74.8 Å². The van der Waals surface area contributed by atoms with Gasteiger partial charge in [-0.15, -0.1) is 0 Å². The Hall–Kier alpha value is -3.17. The summed E-state index contributed by atoms with van der Waals surface area (Å²) in [5.74, 6) is 0.141. The van der Waals surface area contributed by atoms with Crippen LogP contribution in [-0.2, 0) is 56.8 Å². The number of hydrogen-bond donors (Lipinski definition) is 2. The summed E-state index contributed by atoms with van der Waals surface area (Å²) in [6.07, 6.45) is 4.82. The number of ether oxygens (including phenoxy) is 12. The summed E-state index contributed by atoms with van der Waals surface area (Å²) >= 11 is 0. The van der Waals surface area contributed by atoms with Crippen molar-refractivity contribution in [2.45, 2.75) is 38.5 Å². The van der Waals surface area contributed by atoms with Crippen LogP contribution in [-0.4, -0.2) is 173 Å². The van der Waals surface area contributed by atoms with Gasteiger partial charge in [0.1, 0.15) is 0 Å². The molecule has 22 heteroatoms. The van der Waals surface area contributed by atoms with Crippen LogP contribution in [0.1, 0.15) is 60.8 Å². The first-order valence-electron chi connectivity index (χ1n) is 26.9. The predicted molar refractivity (Wildman–Crippen MR) is 299 cm³/mol. The van der Waals surface area contributed by atoms with Gasteiger partial charge in [-0.3, -0.25) is 0 Å². The van der Waals surface area contributed by atoms with Crippen molar-refractivity contribution in [1.82, 2.24) is 10.6 Å². The molecule has 436 valence electrons. The second kappa shape index (κ2) is 51.1. The molecule has 4 aliphatic rings. The third-order valence-corrected chi connectivity index (χ3v) is 11.8. The summed E-state index contributed by atoms with van der Waals surface area (Å²) in [6, 6.07) is 26.9. The fourth-order valence-electron chi connectivity index (χ4n) is 8.27. The van der Waals surface area contributed by atoms with Crippen LogP contribution in [0.4, 0.5) is 0 Å². The molecule has 2 saturated heterocycles. The minimum atomic E-state index is 0. The van der Waals surface area contributed by atoms with Crippen LogP contribution >= 0.6 is 0 Å². The smallest absolute Gasteiger partial charge is 0.872 e. The van der Waals surface area contributed by atoms with Gasteiger partial charge in [0.25, 0.3) is 0 Å². The van der Waals surface area contributed by atoms with E-state index < -0.39 is 0 Å². The molecule has 0 spiro atoms. The van der Waals surface area contributed by atoms with E-state index in [9.17, 15) is 10.2 Å². The molecule has 2 aliphatic carbocycles. The van der Waals surface area contributed by atoms with Gasteiger partial charge in [0, 0.05) is 64.0 Å². The molecule has 2 atom stereocenters. The third kappa shape index (κ3) is 30.3. The minimum absolute atomic E-state index is 0. The van der Waals surface area contributed by atoms with Gasteiger partial charge in [0.2, 0.25) is 0 Å². The molecule has 2 N–H and O–H groups in total. The van der Waals surface area contributed by atoms with Crippen LogP contribution in [0.15, 0.2) is 72.8 Å². The second-order valence-corrected chi connectivity index (χ2v) is 17.2. The SMILES string of the molecule is C1COCCOCCOCCOCCOCCO1.C1COCCOCCOCCOCCOCCO1.CC#N.CC#N.CNC1=C[C@@H](CC#N)c2cccc3ccc([O-])c1c23.CNC1=C[C@H](CC#N)c2cccc3ccc([O-])c1c23.[K+].[K+]. The number of hydrogen-bond acceptors (Lipinski definition) is 20. The Labute approximate surface area is 570 Å². The first-order chi connectivity index (χ1) is 39.3. The summed E-state index contributed by atoms with van der Waals surface area (Å²) in [5, 5.41) is 67.1. The maximum absolute atomic E-state index is 12.1. The second-order valence-electron chi connectivity index (χ2n) is 17.2. The van der Waals surface area contributed by atoms with E-state index >= 15 is 0 Å². The maximum Gasteiger partial charge on any atom is 1.00 e. The number of benzene rings is 4. The zero-order chi connectivity index (χ0) is 57.7. The number of allylic oxidation sites excluding steroid dienone is 2. The summed E-state index contributed by atoms with van der Waals surface area (Å²) in [6.45, 7) is 16.9. The first kappa shape index (κ1) is 76.8. The van der Waals surface area contributed by atoms with Crippen molar-refractivity contribution in [3.05, 3.63) is 95.1 Å². The van der Waals surface area contributed by atoms with E-state index in [1.54, 1.807) is 24.3 Å². The fourth-order valence-corrected chi connectivity index (χ4v) is 8.27. The Morgan fingerprint density at radius 2 is 0.610 bits per heavy atom. The Kier molecular flexibility index (Phi) is 47.9. The number of nitrogens with zero attached hydrogens (tertiary/aromatic N) is 4. The molecule has 0 unspecified atom stereocenters. The molecule has 0 aromatic heterocycles. The van der Waals surface area contributed by atoms with Crippen molar-refractivity contribution < 1.29 is 170 Å². The molecule has 4 aromatic rings.